The maximum atomic E-state index is 12.2. The Bertz CT molecular complexity index is 125. The third kappa shape index (κ3) is 7.20. The predicted molar refractivity (Wildman–Crippen MR) is 50.2 cm³/mol. The van der Waals surface area contributed by atoms with Crippen molar-refractivity contribution in [3.63, 3.8) is 0 Å². The molecule has 1 nitrogen and oxygen atoms in total. The van der Waals surface area contributed by atoms with E-state index in [1.165, 1.54) is 0 Å². The first-order valence-corrected chi connectivity index (χ1v) is 5.11. The largest absolute Gasteiger partial charge is 0.385 e. The van der Waals surface area contributed by atoms with Crippen molar-refractivity contribution in [3.8, 4) is 0 Å². The molecule has 0 spiro atoms. The van der Waals surface area contributed by atoms with Crippen LogP contribution in [0.15, 0.2) is 0 Å². The first kappa shape index (κ1) is 13.1. The van der Waals surface area contributed by atoms with Gasteiger partial charge in [-0.15, -0.1) is 0 Å². The zero-order valence-corrected chi connectivity index (χ0v) is 8.66. The first-order valence-electron chi connectivity index (χ1n) is 4.73. The maximum absolute atomic E-state index is 12.2. The zero-order valence-electron chi connectivity index (χ0n) is 7.90. The molecule has 13 heavy (non-hydrogen) atoms. The summed E-state index contributed by atoms with van der Waals surface area (Å²) in [7, 11) is 0. The second-order valence-electron chi connectivity index (χ2n) is 3.26. The molecule has 0 saturated carbocycles. The molecule has 0 aliphatic heterocycles. The lowest BCUT2D eigenvalue weighted by molar-refractivity contribution is -0.0452. The third-order valence-electron chi connectivity index (χ3n) is 1.96. The monoisotopic (exact) mass is 214 g/mol. The molecule has 4 heteroatoms. The van der Waals surface area contributed by atoms with Gasteiger partial charge in [-0.25, -0.2) is 0 Å². The van der Waals surface area contributed by atoms with Gasteiger partial charge in [0, 0.05) is 0 Å². The summed E-state index contributed by atoms with van der Waals surface area (Å²) in [6, 6.07) is 0. The van der Waals surface area contributed by atoms with Crippen LogP contribution in [0, 0.1) is 0 Å². The van der Waals surface area contributed by atoms with E-state index < -0.39 is 11.5 Å². The molecule has 0 aliphatic carbocycles. The van der Waals surface area contributed by atoms with E-state index in [-0.39, 0.29) is 6.42 Å². The fourth-order valence-corrected chi connectivity index (χ4v) is 1.21. The fourth-order valence-electron chi connectivity index (χ4n) is 1.10. The van der Waals surface area contributed by atoms with Crippen molar-refractivity contribution < 1.29 is 13.9 Å². The molecule has 0 fully saturated rings. The van der Waals surface area contributed by atoms with Crippen LogP contribution < -0.4 is 0 Å². The number of unbranched alkanes of at least 4 members (excludes halogenated alkanes) is 4. The van der Waals surface area contributed by atoms with E-state index in [9.17, 15) is 8.78 Å². The van der Waals surface area contributed by atoms with E-state index in [1.54, 1.807) is 0 Å². The van der Waals surface area contributed by atoms with Gasteiger partial charge < -0.3 is 5.11 Å². The average molecular weight is 215 g/mol. The summed E-state index contributed by atoms with van der Waals surface area (Å²) in [5.41, 5.74) is 0. The van der Waals surface area contributed by atoms with Gasteiger partial charge in [-0.2, -0.15) is 8.78 Å². The van der Waals surface area contributed by atoms with Gasteiger partial charge in [-0.05, 0) is 18.0 Å². The summed E-state index contributed by atoms with van der Waals surface area (Å²) in [6.07, 6.45) is 3.16. The molecular weight excluding hydrogens is 198 g/mol. The van der Waals surface area contributed by atoms with Crippen LogP contribution in [-0.4, -0.2) is 16.6 Å². The quantitative estimate of drug-likeness (QED) is 0.508. The molecule has 1 unspecified atom stereocenters. The minimum Gasteiger partial charge on any atom is -0.385 e. The van der Waals surface area contributed by atoms with Crippen molar-refractivity contribution in [2.45, 2.75) is 56.9 Å². The molecule has 0 aromatic carbocycles. The van der Waals surface area contributed by atoms with E-state index in [1.807, 2.05) is 0 Å². The number of hydrogen-bond donors (Lipinski definition) is 1. The summed E-state index contributed by atoms with van der Waals surface area (Å²) in [5, 5.41) is 5.39. The van der Waals surface area contributed by atoms with Crippen molar-refractivity contribution in [2.75, 3.05) is 0 Å². The lowest BCUT2D eigenvalue weighted by Crippen LogP contribution is -2.26. The number of aliphatic hydroxyl groups is 1. The Morgan fingerprint density at radius 3 is 2.23 bits per heavy atom. The molecule has 0 aliphatic rings. The Kier molecular flexibility index (Phi) is 6.60. The minimum absolute atomic E-state index is 0.0835. The number of aliphatic hydroxyl groups excluding tert-OH is 1. The summed E-state index contributed by atoms with van der Waals surface area (Å²) >= 11 is 4.64. The Balaban J connectivity index is 3.32. The standard InChI is InChI=1S/C9H17ClF2O/c1-2-3-4-5-6-7-8(13)9(10,11)12/h8,13H,2-7H2,1H3. The minimum atomic E-state index is -3.47. The summed E-state index contributed by atoms with van der Waals surface area (Å²) < 4.78 is 24.4. The average Bonchev–Trinajstić information content (AvgIpc) is 2.02. The van der Waals surface area contributed by atoms with Crippen LogP contribution in [-0.2, 0) is 0 Å². The molecule has 0 saturated heterocycles. The lowest BCUT2D eigenvalue weighted by Gasteiger charge is -2.15. The number of halogens is 3. The van der Waals surface area contributed by atoms with E-state index >= 15 is 0 Å². The molecule has 80 valence electrons. The van der Waals surface area contributed by atoms with Crippen LogP contribution in [0.25, 0.3) is 0 Å². The van der Waals surface area contributed by atoms with Gasteiger partial charge in [0.2, 0.25) is 0 Å². The summed E-state index contributed by atoms with van der Waals surface area (Å²) in [5.74, 6) is 0. The van der Waals surface area contributed by atoms with Crippen molar-refractivity contribution in [3.05, 3.63) is 0 Å². The Morgan fingerprint density at radius 1 is 1.23 bits per heavy atom. The van der Waals surface area contributed by atoms with Crippen LogP contribution >= 0.6 is 11.6 Å². The van der Waals surface area contributed by atoms with Crippen LogP contribution in [0.3, 0.4) is 0 Å². The third-order valence-corrected chi connectivity index (χ3v) is 2.21. The molecular formula is C9H17ClF2O. The van der Waals surface area contributed by atoms with Crippen molar-refractivity contribution in [2.24, 2.45) is 0 Å². The molecule has 1 atom stereocenters. The van der Waals surface area contributed by atoms with Gasteiger partial charge in [0.15, 0.2) is 0 Å². The Morgan fingerprint density at radius 2 is 1.77 bits per heavy atom. The van der Waals surface area contributed by atoms with Gasteiger partial charge in [0.25, 0.3) is 0 Å². The van der Waals surface area contributed by atoms with E-state index in [2.05, 4.69) is 18.5 Å². The van der Waals surface area contributed by atoms with E-state index in [0.717, 1.165) is 25.7 Å². The fraction of sp³-hybridized carbons (Fsp3) is 1.00. The summed E-state index contributed by atoms with van der Waals surface area (Å²) in [6.45, 7) is 2.09. The maximum Gasteiger partial charge on any atom is 0.347 e. The van der Waals surface area contributed by atoms with Crippen LogP contribution in [0.4, 0.5) is 8.78 Å². The summed E-state index contributed by atoms with van der Waals surface area (Å²) in [4.78, 5) is 0. The van der Waals surface area contributed by atoms with Gasteiger partial charge in [0.05, 0.1) is 0 Å². The smallest absolute Gasteiger partial charge is 0.347 e. The number of hydrogen-bond acceptors (Lipinski definition) is 1. The van der Waals surface area contributed by atoms with Gasteiger partial charge in [0.1, 0.15) is 6.10 Å². The number of rotatable bonds is 7. The highest BCUT2D eigenvalue weighted by atomic mass is 35.5. The predicted octanol–water partition coefficient (Wildman–Crippen LogP) is 3.54. The highest BCUT2D eigenvalue weighted by Gasteiger charge is 2.34. The first-order chi connectivity index (χ1) is 5.98. The Hall–Kier alpha value is 0.110. The molecule has 0 radical (unpaired) electrons. The molecule has 0 rings (SSSR count). The zero-order chi connectivity index (χ0) is 10.3. The molecule has 0 heterocycles. The van der Waals surface area contributed by atoms with Crippen molar-refractivity contribution in [1.82, 2.24) is 0 Å². The SMILES string of the molecule is CCCCCCCC(O)C(F)(F)Cl. The van der Waals surface area contributed by atoms with Gasteiger partial charge in [-0.1, -0.05) is 39.0 Å². The lowest BCUT2D eigenvalue weighted by atomic mass is 10.1. The van der Waals surface area contributed by atoms with E-state index in [0.29, 0.717) is 6.42 Å². The normalized spacial score (nSPS) is 14.5. The topological polar surface area (TPSA) is 20.2 Å². The van der Waals surface area contributed by atoms with Gasteiger partial charge >= 0.3 is 5.38 Å². The molecule has 0 amide bonds. The Labute approximate surface area is 83.1 Å². The van der Waals surface area contributed by atoms with Crippen LogP contribution in [0.1, 0.15) is 45.4 Å². The second-order valence-corrected chi connectivity index (χ2v) is 3.76. The van der Waals surface area contributed by atoms with Crippen molar-refractivity contribution >= 4 is 11.6 Å². The van der Waals surface area contributed by atoms with Crippen LogP contribution in [0.5, 0.6) is 0 Å². The van der Waals surface area contributed by atoms with Gasteiger partial charge in [-0.3, -0.25) is 0 Å². The highest BCUT2D eigenvalue weighted by Crippen LogP contribution is 2.26. The molecule has 0 bridgehead atoms. The van der Waals surface area contributed by atoms with Crippen molar-refractivity contribution in [1.29, 1.82) is 0 Å². The van der Waals surface area contributed by atoms with E-state index in [4.69, 9.17) is 5.11 Å². The molecule has 0 aromatic rings. The van der Waals surface area contributed by atoms with Crippen LogP contribution in [0.2, 0.25) is 0 Å². The molecule has 1 N–H and O–H groups in total. The highest BCUT2D eigenvalue weighted by molar-refractivity contribution is 6.22. The second kappa shape index (κ2) is 6.55. The number of alkyl halides is 3. The molecule has 0 aromatic heterocycles.